The minimum atomic E-state index is 0. The highest BCUT2D eigenvalue weighted by molar-refractivity contribution is 7.99. The van der Waals surface area contributed by atoms with Crippen molar-refractivity contribution in [1.82, 2.24) is 30.1 Å². The van der Waals surface area contributed by atoms with Crippen molar-refractivity contribution in [1.29, 1.82) is 0 Å². The van der Waals surface area contributed by atoms with Crippen LogP contribution in [0.4, 0.5) is 0 Å². The molecule has 4 rings (SSSR count). The van der Waals surface area contributed by atoms with Crippen molar-refractivity contribution in [3.63, 3.8) is 0 Å². The Morgan fingerprint density at radius 3 is 2.71 bits per heavy atom. The molecule has 10 heteroatoms. The molecule has 2 aromatic heterocycles. The van der Waals surface area contributed by atoms with Crippen molar-refractivity contribution in [3.8, 4) is 0 Å². The number of hydrogen-bond acceptors (Lipinski definition) is 5. The van der Waals surface area contributed by atoms with E-state index >= 15 is 0 Å². The lowest BCUT2D eigenvalue weighted by molar-refractivity contribution is 0.661. The Morgan fingerprint density at radius 1 is 1.10 bits per heavy atom. The Bertz CT molecular complexity index is 1140. The molecule has 1 N–H and O–H groups in total. The second kappa shape index (κ2) is 11.2. The molecule has 0 aliphatic rings. The molecule has 0 saturated carbocycles. The van der Waals surface area contributed by atoms with Gasteiger partial charge in [0.2, 0.25) is 5.16 Å². The van der Waals surface area contributed by atoms with Crippen LogP contribution in [-0.4, -0.2) is 37.1 Å². The van der Waals surface area contributed by atoms with Gasteiger partial charge in [-0.2, -0.15) is 0 Å². The van der Waals surface area contributed by atoms with Crippen LogP contribution in [0.1, 0.15) is 17.5 Å². The number of para-hydroxylation sites is 1. The maximum Gasteiger partial charge on any atom is 0.209 e. The molecule has 0 aliphatic heterocycles. The van der Waals surface area contributed by atoms with Crippen LogP contribution in [0.2, 0.25) is 10.0 Å². The number of fused-ring (bicyclic) bond motifs is 1. The first-order valence-electron chi connectivity index (χ1n) is 9.68. The first-order chi connectivity index (χ1) is 14.6. The van der Waals surface area contributed by atoms with Crippen LogP contribution >= 0.6 is 47.4 Å². The average Bonchev–Trinajstić information content (AvgIpc) is 3.30. The molecule has 4 aromatic rings. The quantitative estimate of drug-likeness (QED) is 0.254. The third-order valence-electron chi connectivity index (χ3n) is 4.85. The Balaban J connectivity index is 0.00000272. The topological polar surface area (TPSA) is 60.6 Å². The number of nitrogens with one attached hydrogen (secondary N) is 1. The van der Waals surface area contributed by atoms with Crippen molar-refractivity contribution < 1.29 is 0 Å². The van der Waals surface area contributed by atoms with E-state index in [0.717, 1.165) is 36.0 Å². The van der Waals surface area contributed by atoms with E-state index in [9.17, 15) is 0 Å². The van der Waals surface area contributed by atoms with Gasteiger partial charge in [0.25, 0.3) is 0 Å². The monoisotopic (exact) mass is 496 g/mol. The third kappa shape index (κ3) is 5.93. The van der Waals surface area contributed by atoms with E-state index in [1.807, 2.05) is 19.2 Å². The smallest absolute Gasteiger partial charge is 0.209 e. The fraction of sp³-hybridized carbons (Fsp3) is 0.286. The number of benzene rings is 2. The van der Waals surface area contributed by atoms with E-state index in [1.54, 1.807) is 22.5 Å². The molecule has 6 nitrogen and oxygen atoms in total. The molecule has 0 saturated heterocycles. The van der Waals surface area contributed by atoms with Crippen molar-refractivity contribution in [3.05, 3.63) is 69.8 Å². The number of halogens is 3. The summed E-state index contributed by atoms with van der Waals surface area (Å²) >= 11 is 14.1. The van der Waals surface area contributed by atoms with Gasteiger partial charge in [-0.05, 0) is 52.7 Å². The molecular weight excluding hydrogens is 475 g/mol. The molecule has 0 atom stereocenters. The van der Waals surface area contributed by atoms with E-state index in [2.05, 4.69) is 55.9 Å². The lowest BCUT2D eigenvalue weighted by atomic mass is 10.2. The van der Waals surface area contributed by atoms with Gasteiger partial charge < -0.3 is 9.88 Å². The van der Waals surface area contributed by atoms with Gasteiger partial charge in [-0.15, -0.1) is 17.5 Å². The van der Waals surface area contributed by atoms with Crippen molar-refractivity contribution >= 4 is 58.3 Å². The van der Waals surface area contributed by atoms with Crippen molar-refractivity contribution in [2.45, 2.75) is 24.7 Å². The van der Waals surface area contributed by atoms with E-state index in [0.29, 0.717) is 16.6 Å². The van der Waals surface area contributed by atoms with Gasteiger partial charge in [-0.3, -0.25) is 0 Å². The third-order valence-corrected chi connectivity index (χ3v) is 6.54. The number of nitrogens with zero attached hydrogens (tertiary/aromatic N) is 5. The van der Waals surface area contributed by atoms with Crippen LogP contribution < -0.4 is 5.32 Å². The molecule has 31 heavy (non-hydrogen) atoms. The van der Waals surface area contributed by atoms with Crippen LogP contribution in [0.15, 0.2) is 53.8 Å². The standard InChI is InChI=1S/C21H22Cl2N6S.ClH/c1-28-21(25-26-27-28)30-10-4-9-24-12-16-14-29(20-6-3-2-5-18(16)20)13-15-7-8-17(22)11-19(15)23;/h2-3,5-8,11,14,24H,4,9-10,12-13H2,1H3;1H. The molecule has 0 amide bonds. The summed E-state index contributed by atoms with van der Waals surface area (Å²) in [5.74, 6) is 0.970. The summed E-state index contributed by atoms with van der Waals surface area (Å²) in [6.45, 7) is 2.46. The largest absolute Gasteiger partial charge is 0.343 e. The zero-order chi connectivity index (χ0) is 20.9. The molecule has 0 bridgehead atoms. The second-order valence-electron chi connectivity index (χ2n) is 7.00. The molecule has 0 fully saturated rings. The number of hydrogen-bond donors (Lipinski definition) is 1. The van der Waals surface area contributed by atoms with Gasteiger partial charge >= 0.3 is 0 Å². The Morgan fingerprint density at radius 2 is 1.94 bits per heavy atom. The normalized spacial score (nSPS) is 11.1. The van der Waals surface area contributed by atoms with Gasteiger partial charge in [-0.1, -0.05) is 59.2 Å². The van der Waals surface area contributed by atoms with Gasteiger partial charge in [-0.25, -0.2) is 4.68 Å². The second-order valence-corrected chi connectivity index (χ2v) is 8.90. The van der Waals surface area contributed by atoms with Crippen molar-refractivity contribution in [2.75, 3.05) is 12.3 Å². The average molecular weight is 498 g/mol. The molecule has 164 valence electrons. The highest BCUT2D eigenvalue weighted by Gasteiger charge is 2.10. The maximum absolute atomic E-state index is 6.39. The molecule has 0 spiro atoms. The zero-order valence-corrected chi connectivity index (χ0v) is 20.1. The highest BCUT2D eigenvalue weighted by Crippen LogP contribution is 2.26. The molecular formula is C21H23Cl3N6S. The fourth-order valence-electron chi connectivity index (χ4n) is 3.36. The molecule has 0 aliphatic carbocycles. The summed E-state index contributed by atoms with van der Waals surface area (Å²) < 4.78 is 3.94. The Labute approximate surface area is 201 Å². The minimum Gasteiger partial charge on any atom is -0.343 e. The lowest BCUT2D eigenvalue weighted by Gasteiger charge is -2.08. The SMILES string of the molecule is Cl.Cn1nnnc1SCCCNCc1cn(Cc2ccc(Cl)cc2Cl)c2ccccc12. The van der Waals surface area contributed by atoms with Crippen LogP contribution in [0.3, 0.4) is 0 Å². The van der Waals surface area contributed by atoms with E-state index < -0.39 is 0 Å². The lowest BCUT2D eigenvalue weighted by Crippen LogP contribution is -2.15. The summed E-state index contributed by atoms with van der Waals surface area (Å²) in [6, 6.07) is 14.1. The summed E-state index contributed by atoms with van der Waals surface area (Å²) in [5, 5.41) is 18.5. The number of rotatable bonds is 9. The minimum absolute atomic E-state index is 0. The Kier molecular flexibility index (Phi) is 8.63. The summed E-state index contributed by atoms with van der Waals surface area (Å²) in [5.41, 5.74) is 3.53. The number of aryl methyl sites for hydroxylation is 1. The van der Waals surface area contributed by atoms with Crippen LogP contribution in [0.25, 0.3) is 10.9 Å². The number of aromatic nitrogens is 5. The van der Waals surface area contributed by atoms with Gasteiger partial charge in [0.15, 0.2) is 0 Å². The van der Waals surface area contributed by atoms with Gasteiger partial charge in [0.1, 0.15) is 0 Å². The van der Waals surface area contributed by atoms with Gasteiger partial charge in [0, 0.05) is 53.0 Å². The summed E-state index contributed by atoms with van der Waals surface area (Å²) in [4.78, 5) is 0. The molecule has 2 aromatic carbocycles. The van der Waals surface area contributed by atoms with E-state index in [1.165, 1.54) is 16.5 Å². The Hall–Kier alpha value is -1.77. The van der Waals surface area contributed by atoms with Crippen LogP contribution in [0, 0.1) is 0 Å². The first-order valence-corrected chi connectivity index (χ1v) is 11.4. The van der Waals surface area contributed by atoms with Crippen LogP contribution in [0.5, 0.6) is 0 Å². The molecule has 0 unspecified atom stereocenters. The number of thioether (sulfide) groups is 1. The fourth-order valence-corrected chi connectivity index (χ4v) is 4.61. The van der Waals surface area contributed by atoms with Gasteiger partial charge in [0.05, 0.1) is 0 Å². The highest BCUT2D eigenvalue weighted by atomic mass is 35.5. The summed E-state index contributed by atoms with van der Waals surface area (Å²) in [6.07, 6.45) is 3.25. The van der Waals surface area contributed by atoms with E-state index in [4.69, 9.17) is 23.2 Å². The molecule has 2 heterocycles. The maximum atomic E-state index is 6.39. The predicted octanol–water partition coefficient (Wildman–Crippen LogP) is 5.21. The number of tetrazole rings is 1. The summed E-state index contributed by atoms with van der Waals surface area (Å²) in [7, 11) is 1.85. The molecule has 0 radical (unpaired) electrons. The first kappa shape index (κ1) is 23.9. The predicted molar refractivity (Wildman–Crippen MR) is 131 cm³/mol. The van der Waals surface area contributed by atoms with Crippen LogP contribution in [-0.2, 0) is 20.1 Å². The zero-order valence-electron chi connectivity index (χ0n) is 17.0. The van der Waals surface area contributed by atoms with E-state index in [-0.39, 0.29) is 12.4 Å². The van der Waals surface area contributed by atoms with Crippen molar-refractivity contribution in [2.24, 2.45) is 7.05 Å².